The van der Waals surface area contributed by atoms with Gasteiger partial charge in [0.15, 0.2) is 0 Å². The van der Waals surface area contributed by atoms with Crippen molar-refractivity contribution in [2.24, 2.45) is 0 Å². The summed E-state index contributed by atoms with van der Waals surface area (Å²) in [5, 5.41) is 11.5. The molecular formula is C16H15Cl2NO3. The van der Waals surface area contributed by atoms with E-state index < -0.39 is 4.92 Å². The van der Waals surface area contributed by atoms with Crippen LogP contribution in [0.3, 0.4) is 0 Å². The standard InChI is InChI=1S/C16H15Cl2NO3/c1-16(2,3)12-8-10(17)4-6-14(12)22-15-7-5-11(19(20)21)9-13(15)18/h4-9H,1-3H3. The summed E-state index contributed by atoms with van der Waals surface area (Å²) < 4.78 is 5.84. The fraction of sp³-hybridized carbons (Fsp3) is 0.250. The van der Waals surface area contributed by atoms with Gasteiger partial charge in [-0.05, 0) is 29.7 Å². The van der Waals surface area contributed by atoms with Gasteiger partial charge in [-0.1, -0.05) is 44.0 Å². The first kappa shape index (κ1) is 16.6. The Balaban J connectivity index is 2.41. The molecule has 6 heteroatoms. The van der Waals surface area contributed by atoms with Crippen LogP contribution in [0.2, 0.25) is 10.0 Å². The Morgan fingerprint density at radius 2 is 1.68 bits per heavy atom. The minimum Gasteiger partial charge on any atom is -0.455 e. The van der Waals surface area contributed by atoms with Crippen LogP contribution in [0.5, 0.6) is 11.5 Å². The maximum Gasteiger partial charge on any atom is 0.271 e. The van der Waals surface area contributed by atoms with Gasteiger partial charge in [-0.15, -0.1) is 0 Å². The van der Waals surface area contributed by atoms with E-state index in [-0.39, 0.29) is 16.1 Å². The van der Waals surface area contributed by atoms with Crippen molar-refractivity contribution in [1.29, 1.82) is 0 Å². The highest BCUT2D eigenvalue weighted by molar-refractivity contribution is 6.32. The van der Waals surface area contributed by atoms with Gasteiger partial charge < -0.3 is 4.74 Å². The Bertz CT molecular complexity index is 724. The highest BCUT2D eigenvalue weighted by atomic mass is 35.5. The third-order valence-corrected chi connectivity index (χ3v) is 3.63. The number of benzene rings is 2. The smallest absolute Gasteiger partial charge is 0.271 e. The number of ether oxygens (including phenoxy) is 1. The first-order valence-electron chi connectivity index (χ1n) is 6.60. The molecule has 0 atom stereocenters. The molecule has 0 aliphatic rings. The second-order valence-electron chi connectivity index (χ2n) is 5.86. The fourth-order valence-electron chi connectivity index (χ4n) is 1.98. The van der Waals surface area contributed by atoms with E-state index in [1.807, 2.05) is 26.8 Å². The van der Waals surface area contributed by atoms with Gasteiger partial charge in [0.1, 0.15) is 11.5 Å². The van der Waals surface area contributed by atoms with Crippen LogP contribution in [0.1, 0.15) is 26.3 Å². The van der Waals surface area contributed by atoms with Gasteiger partial charge >= 0.3 is 0 Å². The van der Waals surface area contributed by atoms with E-state index in [2.05, 4.69) is 0 Å². The van der Waals surface area contributed by atoms with Crippen molar-refractivity contribution in [1.82, 2.24) is 0 Å². The second-order valence-corrected chi connectivity index (χ2v) is 6.71. The molecule has 0 amide bonds. The van der Waals surface area contributed by atoms with Crippen molar-refractivity contribution in [2.75, 3.05) is 0 Å². The van der Waals surface area contributed by atoms with Gasteiger partial charge in [-0.25, -0.2) is 0 Å². The highest BCUT2D eigenvalue weighted by Gasteiger charge is 2.21. The van der Waals surface area contributed by atoms with Crippen LogP contribution in [0, 0.1) is 10.1 Å². The molecule has 0 heterocycles. The first-order valence-corrected chi connectivity index (χ1v) is 7.36. The summed E-state index contributed by atoms with van der Waals surface area (Å²) in [5.41, 5.74) is 0.673. The maximum atomic E-state index is 10.7. The number of nitro benzene ring substituents is 1. The Hall–Kier alpha value is -1.78. The lowest BCUT2D eigenvalue weighted by Crippen LogP contribution is -2.12. The van der Waals surface area contributed by atoms with Crippen molar-refractivity contribution in [3.05, 3.63) is 62.1 Å². The Kier molecular flexibility index (Phi) is 4.63. The lowest BCUT2D eigenvalue weighted by Gasteiger charge is -2.23. The summed E-state index contributed by atoms with van der Waals surface area (Å²) >= 11 is 12.1. The molecular weight excluding hydrogens is 325 g/mol. The normalized spacial score (nSPS) is 11.3. The van der Waals surface area contributed by atoms with Crippen molar-refractivity contribution in [3.8, 4) is 11.5 Å². The van der Waals surface area contributed by atoms with Crippen molar-refractivity contribution in [2.45, 2.75) is 26.2 Å². The molecule has 0 bridgehead atoms. The molecule has 2 aromatic rings. The Morgan fingerprint density at radius 1 is 1.05 bits per heavy atom. The van der Waals surface area contributed by atoms with Crippen molar-refractivity contribution < 1.29 is 9.66 Å². The minimum absolute atomic E-state index is 0.0792. The number of nitrogens with zero attached hydrogens (tertiary/aromatic N) is 1. The zero-order valence-electron chi connectivity index (χ0n) is 12.4. The van der Waals surface area contributed by atoms with Crippen LogP contribution in [0.4, 0.5) is 5.69 Å². The molecule has 2 aromatic carbocycles. The summed E-state index contributed by atoms with van der Waals surface area (Å²) in [6.07, 6.45) is 0. The molecule has 0 aliphatic carbocycles. The Morgan fingerprint density at radius 3 is 2.23 bits per heavy atom. The topological polar surface area (TPSA) is 52.4 Å². The van der Waals surface area contributed by atoms with Crippen LogP contribution < -0.4 is 4.74 Å². The molecule has 2 rings (SSSR count). The van der Waals surface area contributed by atoms with E-state index in [1.54, 1.807) is 12.1 Å². The van der Waals surface area contributed by atoms with E-state index in [4.69, 9.17) is 27.9 Å². The van der Waals surface area contributed by atoms with E-state index in [0.717, 1.165) is 5.56 Å². The predicted octanol–water partition coefficient (Wildman–Crippen LogP) is 5.99. The average Bonchev–Trinajstić information content (AvgIpc) is 2.41. The zero-order valence-corrected chi connectivity index (χ0v) is 13.9. The number of halogens is 2. The lowest BCUT2D eigenvalue weighted by molar-refractivity contribution is -0.384. The van der Waals surface area contributed by atoms with Crippen LogP contribution in [0.15, 0.2) is 36.4 Å². The monoisotopic (exact) mass is 339 g/mol. The molecule has 0 unspecified atom stereocenters. The largest absolute Gasteiger partial charge is 0.455 e. The number of hydrogen-bond donors (Lipinski definition) is 0. The molecule has 0 radical (unpaired) electrons. The summed E-state index contributed by atoms with van der Waals surface area (Å²) in [6.45, 7) is 6.13. The number of non-ortho nitro benzene ring substituents is 1. The van der Waals surface area contributed by atoms with E-state index in [1.165, 1.54) is 18.2 Å². The summed E-state index contributed by atoms with van der Waals surface area (Å²) in [5.74, 6) is 0.979. The van der Waals surface area contributed by atoms with Gasteiger partial charge in [0.2, 0.25) is 0 Å². The molecule has 0 spiro atoms. The average molecular weight is 340 g/mol. The van der Waals surface area contributed by atoms with E-state index in [0.29, 0.717) is 16.5 Å². The predicted molar refractivity (Wildman–Crippen MR) is 88.3 cm³/mol. The molecule has 0 fully saturated rings. The summed E-state index contributed by atoms with van der Waals surface area (Å²) in [6, 6.07) is 9.45. The van der Waals surface area contributed by atoms with E-state index in [9.17, 15) is 10.1 Å². The molecule has 0 aromatic heterocycles. The van der Waals surface area contributed by atoms with Gasteiger partial charge in [0.05, 0.1) is 9.95 Å². The molecule has 0 saturated heterocycles. The van der Waals surface area contributed by atoms with E-state index >= 15 is 0 Å². The number of nitro groups is 1. The highest BCUT2D eigenvalue weighted by Crippen LogP contribution is 2.38. The summed E-state index contributed by atoms with van der Waals surface area (Å²) in [4.78, 5) is 10.2. The molecule has 0 saturated carbocycles. The molecule has 0 aliphatic heterocycles. The van der Waals surface area contributed by atoms with Gasteiger partial charge in [-0.3, -0.25) is 10.1 Å². The molecule has 22 heavy (non-hydrogen) atoms. The summed E-state index contributed by atoms with van der Waals surface area (Å²) in [7, 11) is 0. The Labute approximate surface area is 138 Å². The van der Waals surface area contributed by atoms with Gasteiger partial charge in [0, 0.05) is 22.7 Å². The quantitative estimate of drug-likeness (QED) is 0.509. The van der Waals surface area contributed by atoms with Crippen LogP contribution in [0.25, 0.3) is 0 Å². The first-order chi connectivity index (χ1) is 10.2. The third kappa shape index (κ3) is 3.70. The third-order valence-electron chi connectivity index (χ3n) is 3.10. The zero-order chi connectivity index (χ0) is 16.5. The van der Waals surface area contributed by atoms with Gasteiger partial charge in [-0.2, -0.15) is 0 Å². The van der Waals surface area contributed by atoms with Crippen LogP contribution in [-0.2, 0) is 5.41 Å². The maximum absolute atomic E-state index is 10.7. The van der Waals surface area contributed by atoms with Crippen molar-refractivity contribution >= 4 is 28.9 Å². The van der Waals surface area contributed by atoms with Gasteiger partial charge in [0.25, 0.3) is 5.69 Å². The molecule has 116 valence electrons. The van der Waals surface area contributed by atoms with Crippen molar-refractivity contribution in [3.63, 3.8) is 0 Å². The molecule has 4 nitrogen and oxygen atoms in total. The minimum atomic E-state index is -0.501. The number of hydrogen-bond acceptors (Lipinski definition) is 3. The van der Waals surface area contributed by atoms with Crippen LogP contribution in [-0.4, -0.2) is 4.92 Å². The lowest BCUT2D eigenvalue weighted by atomic mass is 9.86. The van der Waals surface area contributed by atoms with Crippen LogP contribution >= 0.6 is 23.2 Å². The molecule has 0 N–H and O–H groups in total. The SMILES string of the molecule is CC(C)(C)c1cc(Cl)ccc1Oc1ccc([N+](=O)[O-])cc1Cl. The fourth-order valence-corrected chi connectivity index (χ4v) is 2.37. The second kappa shape index (κ2) is 6.15. The number of rotatable bonds is 3.